The summed E-state index contributed by atoms with van der Waals surface area (Å²) in [5, 5.41) is 10.0. The number of guanidine groups is 1. The number of halogens is 1. The molecule has 164 valence electrons. The predicted octanol–water partition coefficient (Wildman–Crippen LogP) is 1.49. The fourth-order valence-electron chi connectivity index (χ4n) is 3.97. The van der Waals surface area contributed by atoms with Crippen molar-refractivity contribution < 1.29 is 4.79 Å². The van der Waals surface area contributed by atoms with Crippen molar-refractivity contribution in [1.82, 2.24) is 25.8 Å². The van der Waals surface area contributed by atoms with E-state index in [4.69, 9.17) is 4.99 Å². The molecule has 7 nitrogen and oxygen atoms in total. The maximum Gasteiger partial charge on any atom is 0.223 e. The summed E-state index contributed by atoms with van der Waals surface area (Å²) in [7, 11) is 4.37. The molecule has 0 bridgehead atoms. The lowest BCUT2D eigenvalue weighted by atomic mass is 9.85. The van der Waals surface area contributed by atoms with Crippen LogP contribution in [-0.4, -0.2) is 86.6 Å². The average Bonchev–Trinajstić information content (AvgIpc) is 2.62. The Kier molecular flexibility index (Phi) is 11.7. The van der Waals surface area contributed by atoms with Crippen LogP contribution in [0, 0.1) is 5.92 Å². The zero-order valence-corrected chi connectivity index (χ0v) is 20.7. The summed E-state index contributed by atoms with van der Waals surface area (Å²) in [5.41, 5.74) is 0. The summed E-state index contributed by atoms with van der Waals surface area (Å²) < 4.78 is 0. The van der Waals surface area contributed by atoms with Crippen molar-refractivity contribution in [1.29, 1.82) is 0 Å². The predicted molar refractivity (Wildman–Crippen MR) is 127 cm³/mol. The Morgan fingerprint density at radius 1 is 1.21 bits per heavy atom. The highest BCUT2D eigenvalue weighted by molar-refractivity contribution is 14.0. The van der Waals surface area contributed by atoms with Crippen molar-refractivity contribution in [2.45, 2.75) is 64.6 Å². The molecular weight excluding hydrogens is 467 g/mol. The quantitative estimate of drug-likeness (QED) is 0.288. The number of aliphatic imine (C=N–C) groups is 1. The van der Waals surface area contributed by atoms with Gasteiger partial charge in [0.2, 0.25) is 5.91 Å². The van der Waals surface area contributed by atoms with Crippen LogP contribution >= 0.6 is 24.0 Å². The molecule has 1 saturated carbocycles. The molecule has 3 atom stereocenters. The van der Waals surface area contributed by atoms with Gasteiger partial charge in [-0.15, -0.1) is 24.0 Å². The third-order valence-electron chi connectivity index (χ3n) is 5.60. The van der Waals surface area contributed by atoms with Gasteiger partial charge in [0.1, 0.15) is 0 Å². The molecule has 1 heterocycles. The summed E-state index contributed by atoms with van der Waals surface area (Å²) in [6.45, 7) is 11.0. The molecule has 3 N–H and O–H groups in total. The first kappa shape index (κ1) is 25.4. The fourth-order valence-corrected chi connectivity index (χ4v) is 3.97. The van der Waals surface area contributed by atoms with E-state index in [2.05, 4.69) is 46.8 Å². The summed E-state index contributed by atoms with van der Waals surface area (Å²) in [6, 6.07) is 0.969. The van der Waals surface area contributed by atoms with Crippen LogP contribution in [0.25, 0.3) is 0 Å². The summed E-state index contributed by atoms with van der Waals surface area (Å²) in [5.74, 6) is 1.19. The second-order valence-corrected chi connectivity index (χ2v) is 8.48. The van der Waals surface area contributed by atoms with Crippen LogP contribution < -0.4 is 16.0 Å². The van der Waals surface area contributed by atoms with Crippen molar-refractivity contribution in [3.63, 3.8) is 0 Å². The number of nitrogens with zero attached hydrogens (tertiary/aromatic N) is 3. The van der Waals surface area contributed by atoms with Crippen LogP contribution in [0.15, 0.2) is 4.99 Å². The van der Waals surface area contributed by atoms with E-state index in [1.54, 1.807) is 0 Å². The number of piperazine rings is 1. The second-order valence-electron chi connectivity index (χ2n) is 8.48. The van der Waals surface area contributed by atoms with Gasteiger partial charge in [-0.05, 0) is 54.1 Å². The number of nitrogens with one attached hydrogen (secondary N) is 3. The van der Waals surface area contributed by atoms with E-state index < -0.39 is 0 Å². The van der Waals surface area contributed by atoms with Gasteiger partial charge in [-0.25, -0.2) is 0 Å². The SMILES string of the molecule is CCNC(=NCC1CN(C)CCN1C)NC1CCCC(C(=O)NC(C)C)C1.I. The molecule has 1 aliphatic heterocycles. The van der Waals surface area contributed by atoms with Crippen LogP contribution in [-0.2, 0) is 4.79 Å². The minimum Gasteiger partial charge on any atom is -0.357 e. The standard InChI is InChI=1S/C20H40N6O.HI/c1-6-21-20(22-13-18-14-25(4)10-11-26(18)5)24-17-9-7-8-16(12-17)19(27)23-15(2)3;/h15-18H,6-14H2,1-5H3,(H,23,27)(H2,21,22,24);1H. The minimum atomic E-state index is 0. The highest BCUT2D eigenvalue weighted by Crippen LogP contribution is 2.24. The van der Waals surface area contributed by atoms with Gasteiger partial charge in [-0.1, -0.05) is 6.42 Å². The van der Waals surface area contributed by atoms with E-state index in [-0.39, 0.29) is 41.8 Å². The molecule has 0 aromatic rings. The first-order chi connectivity index (χ1) is 12.9. The zero-order chi connectivity index (χ0) is 19.8. The van der Waals surface area contributed by atoms with Gasteiger partial charge in [0.15, 0.2) is 5.96 Å². The Bertz CT molecular complexity index is 501. The molecule has 2 rings (SSSR count). The van der Waals surface area contributed by atoms with Gasteiger partial charge in [0.25, 0.3) is 0 Å². The molecule has 1 aliphatic carbocycles. The van der Waals surface area contributed by atoms with Crippen molar-refractivity contribution in [2.24, 2.45) is 10.9 Å². The molecule has 8 heteroatoms. The van der Waals surface area contributed by atoms with Crippen molar-refractivity contribution in [2.75, 3.05) is 46.8 Å². The summed E-state index contributed by atoms with van der Waals surface area (Å²) >= 11 is 0. The Morgan fingerprint density at radius 2 is 1.96 bits per heavy atom. The lowest BCUT2D eigenvalue weighted by Gasteiger charge is -2.37. The minimum absolute atomic E-state index is 0. The molecule has 1 amide bonds. The third kappa shape index (κ3) is 8.41. The van der Waals surface area contributed by atoms with Gasteiger partial charge < -0.3 is 20.9 Å². The van der Waals surface area contributed by atoms with Crippen molar-refractivity contribution >= 4 is 35.8 Å². The topological polar surface area (TPSA) is 72.0 Å². The third-order valence-corrected chi connectivity index (χ3v) is 5.60. The van der Waals surface area contributed by atoms with Crippen molar-refractivity contribution in [3.05, 3.63) is 0 Å². The van der Waals surface area contributed by atoms with Crippen molar-refractivity contribution in [3.8, 4) is 0 Å². The number of hydrogen-bond donors (Lipinski definition) is 3. The molecular formula is C20H41IN6O. The van der Waals surface area contributed by atoms with Gasteiger partial charge in [0.05, 0.1) is 6.54 Å². The van der Waals surface area contributed by atoms with E-state index in [1.807, 2.05) is 13.8 Å². The Balaban J connectivity index is 0.00000392. The van der Waals surface area contributed by atoms with Crippen LogP contribution in [0.4, 0.5) is 0 Å². The van der Waals surface area contributed by atoms with Crippen LogP contribution in [0.5, 0.6) is 0 Å². The number of carbonyl (C=O) groups excluding carboxylic acids is 1. The Morgan fingerprint density at radius 3 is 2.64 bits per heavy atom. The van der Waals surface area contributed by atoms with Gasteiger partial charge in [0, 0.05) is 50.2 Å². The summed E-state index contributed by atoms with van der Waals surface area (Å²) in [4.78, 5) is 22.0. The van der Waals surface area contributed by atoms with E-state index in [0.717, 1.165) is 64.4 Å². The zero-order valence-electron chi connectivity index (χ0n) is 18.3. The monoisotopic (exact) mass is 508 g/mol. The molecule has 0 aromatic heterocycles. The number of likely N-dealkylation sites (N-methyl/N-ethyl adjacent to an activating group) is 2. The van der Waals surface area contributed by atoms with Gasteiger partial charge in [-0.3, -0.25) is 14.7 Å². The van der Waals surface area contributed by atoms with E-state index in [0.29, 0.717) is 12.1 Å². The fraction of sp³-hybridized carbons (Fsp3) is 0.900. The van der Waals surface area contributed by atoms with Crippen LogP contribution in [0.3, 0.4) is 0 Å². The van der Waals surface area contributed by atoms with E-state index in [9.17, 15) is 4.79 Å². The molecule has 2 aliphatic rings. The van der Waals surface area contributed by atoms with Crippen LogP contribution in [0.1, 0.15) is 46.5 Å². The first-order valence-electron chi connectivity index (χ1n) is 10.6. The molecule has 3 unspecified atom stereocenters. The largest absolute Gasteiger partial charge is 0.357 e. The first-order valence-corrected chi connectivity index (χ1v) is 10.6. The molecule has 28 heavy (non-hydrogen) atoms. The lowest BCUT2D eigenvalue weighted by molar-refractivity contribution is -0.126. The maximum atomic E-state index is 12.4. The highest BCUT2D eigenvalue weighted by atomic mass is 127. The molecule has 1 saturated heterocycles. The molecule has 0 spiro atoms. The average molecular weight is 508 g/mol. The number of hydrogen-bond acceptors (Lipinski definition) is 4. The normalized spacial score (nSPS) is 27.2. The number of carbonyl (C=O) groups is 1. The highest BCUT2D eigenvalue weighted by Gasteiger charge is 2.28. The smallest absolute Gasteiger partial charge is 0.223 e. The van der Waals surface area contributed by atoms with E-state index >= 15 is 0 Å². The number of amides is 1. The van der Waals surface area contributed by atoms with Gasteiger partial charge in [-0.2, -0.15) is 0 Å². The summed E-state index contributed by atoms with van der Waals surface area (Å²) in [6.07, 6.45) is 4.06. The molecule has 2 fully saturated rings. The number of rotatable bonds is 6. The molecule has 0 aromatic carbocycles. The van der Waals surface area contributed by atoms with Crippen LogP contribution in [0.2, 0.25) is 0 Å². The maximum absolute atomic E-state index is 12.4. The molecule has 0 radical (unpaired) electrons. The van der Waals surface area contributed by atoms with E-state index in [1.165, 1.54) is 0 Å². The Labute approximate surface area is 188 Å². The lowest BCUT2D eigenvalue weighted by Crippen LogP contribution is -2.52. The Hall–Kier alpha value is -0.610. The van der Waals surface area contributed by atoms with Gasteiger partial charge >= 0.3 is 0 Å². The second kappa shape index (κ2) is 12.8.